The largest absolute Gasteiger partial charge is 0.389 e. The molecular formula is C11H12BrNO2. The van der Waals surface area contributed by atoms with E-state index in [4.69, 9.17) is 5.26 Å². The summed E-state index contributed by atoms with van der Waals surface area (Å²) in [5.74, 6) is 0. The predicted octanol–water partition coefficient (Wildman–Crippen LogP) is 1.66. The number of alkyl halides is 1. The van der Waals surface area contributed by atoms with E-state index in [9.17, 15) is 10.2 Å². The van der Waals surface area contributed by atoms with Gasteiger partial charge in [0.15, 0.2) is 0 Å². The lowest BCUT2D eigenvalue weighted by atomic mass is 9.98. The monoisotopic (exact) mass is 269 g/mol. The van der Waals surface area contributed by atoms with Crippen molar-refractivity contribution in [1.82, 2.24) is 0 Å². The molecule has 15 heavy (non-hydrogen) atoms. The zero-order chi connectivity index (χ0) is 11.4. The minimum Gasteiger partial charge on any atom is -0.389 e. The summed E-state index contributed by atoms with van der Waals surface area (Å²) in [5.41, 5.74) is 1.82. The van der Waals surface area contributed by atoms with Crippen LogP contribution in [0.5, 0.6) is 0 Å². The summed E-state index contributed by atoms with van der Waals surface area (Å²) < 4.78 is 0. The lowest BCUT2D eigenvalue weighted by Gasteiger charge is -2.17. The first-order chi connectivity index (χ1) is 7.10. The van der Waals surface area contributed by atoms with Crippen LogP contribution in [0.25, 0.3) is 0 Å². The fourth-order valence-electron chi connectivity index (χ4n) is 1.32. The van der Waals surface area contributed by atoms with E-state index < -0.39 is 12.2 Å². The van der Waals surface area contributed by atoms with Crippen molar-refractivity contribution in [1.29, 1.82) is 5.26 Å². The molecular weight excluding hydrogens is 258 g/mol. The fourth-order valence-corrected chi connectivity index (χ4v) is 1.67. The highest BCUT2D eigenvalue weighted by atomic mass is 79.9. The third kappa shape index (κ3) is 2.78. The average molecular weight is 270 g/mol. The van der Waals surface area contributed by atoms with Crippen molar-refractivity contribution < 1.29 is 10.2 Å². The normalized spacial score (nSPS) is 14.3. The summed E-state index contributed by atoms with van der Waals surface area (Å²) in [6.45, 7) is 1.87. The van der Waals surface area contributed by atoms with Gasteiger partial charge in [-0.1, -0.05) is 33.6 Å². The predicted molar refractivity (Wildman–Crippen MR) is 60.7 cm³/mol. The molecule has 0 saturated carbocycles. The highest BCUT2D eigenvalue weighted by molar-refractivity contribution is 9.09. The molecule has 1 aromatic carbocycles. The average Bonchev–Trinajstić information content (AvgIpc) is 2.27. The molecule has 0 aliphatic rings. The number of nitrogens with zero attached hydrogens (tertiary/aromatic N) is 1. The number of benzene rings is 1. The molecule has 0 saturated heterocycles. The van der Waals surface area contributed by atoms with Crippen LogP contribution in [0.15, 0.2) is 18.2 Å². The molecule has 3 nitrogen and oxygen atoms in total. The van der Waals surface area contributed by atoms with Crippen molar-refractivity contribution in [2.45, 2.75) is 19.1 Å². The second-order valence-electron chi connectivity index (χ2n) is 3.37. The van der Waals surface area contributed by atoms with Gasteiger partial charge in [-0.05, 0) is 13.0 Å². The molecule has 4 heteroatoms. The maximum Gasteiger partial charge on any atom is 0.107 e. The molecule has 0 spiro atoms. The van der Waals surface area contributed by atoms with E-state index in [0.717, 1.165) is 5.56 Å². The van der Waals surface area contributed by atoms with Crippen LogP contribution in [-0.4, -0.2) is 21.6 Å². The Labute approximate surface area is 97.1 Å². The quantitative estimate of drug-likeness (QED) is 0.821. The van der Waals surface area contributed by atoms with E-state index in [2.05, 4.69) is 15.9 Å². The van der Waals surface area contributed by atoms with Crippen LogP contribution in [0.3, 0.4) is 0 Å². The first-order valence-corrected chi connectivity index (χ1v) is 5.65. The van der Waals surface area contributed by atoms with Gasteiger partial charge in [0.1, 0.15) is 6.10 Å². The van der Waals surface area contributed by atoms with Gasteiger partial charge >= 0.3 is 0 Å². The standard InChI is InChI=1S/C11H12BrNO2/c1-7-2-3-8(6-13)9(4-7)11(15)10(14)5-12/h2-4,10-11,14-15H,5H2,1H3. The van der Waals surface area contributed by atoms with E-state index >= 15 is 0 Å². The molecule has 0 aromatic heterocycles. The van der Waals surface area contributed by atoms with Crippen molar-refractivity contribution in [3.8, 4) is 6.07 Å². The Bertz CT molecular complexity index is 387. The maximum absolute atomic E-state index is 9.79. The van der Waals surface area contributed by atoms with Crippen molar-refractivity contribution in [2.24, 2.45) is 0 Å². The Hall–Kier alpha value is -0.890. The molecule has 0 aliphatic carbocycles. The first-order valence-electron chi connectivity index (χ1n) is 4.53. The van der Waals surface area contributed by atoms with Gasteiger partial charge in [0, 0.05) is 10.9 Å². The SMILES string of the molecule is Cc1ccc(C#N)c(C(O)C(O)CBr)c1. The zero-order valence-corrected chi connectivity index (χ0v) is 9.90. The Morgan fingerprint density at radius 2 is 2.13 bits per heavy atom. The van der Waals surface area contributed by atoms with E-state index in [0.29, 0.717) is 11.1 Å². The zero-order valence-electron chi connectivity index (χ0n) is 8.31. The van der Waals surface area contributed by atoms with Crippen LogP contribution < -0.4 is 0 Å². The van der Waals surface area contributed by atoms with Crippen LogP contribution in [0.2, 0.25) is 0 Å². The van der Waals surface area contributed by atoms with Crippen molar-refractivity contribution >= 4 is 15.9 Å². The molecule has 0 fully saturated rings. The lowest BCUT2D eigenvalue weighted by Crippen LogP contribution is -2.20. The number of hydrogen-bond acceptors (Lipinski definition) is 3. The molecule has 0 heterocycles. The van der Waals surface area contributed by atoms with Crippen LogP contribution in [0.1, 0.15) is 22.8 Å². The smallest absolute Gasteiger partial charge is 0.107 e. The van der Waals surface area contributed by atoms with Crippen LogP contribution >= 0.6 is 15.9 Å². The molecule has 0 aliphatic heterocycles. The second kappa shape index (κ2) is 5.26. The number of aryl methyl sites for hydroxylation is 1. The number of aliphatic hydroxyl groups excluding tert-OH is 2. The molecule has 0 bridgehead atoms. The van der Waals surface area contributed by atoms with Gasteiger partial charge in [0.05, 0.1) is 17.7 Å². The van der Waals surface area contributed by atoms with Gasteiger partial charge in [-0.15, -0.1) is 0 Å². The summed E-state index contributed by atoms with van der Waals surface area (Å²) in [5, 5.41) is 28.4. The third-order valence-electron chi connectivity index (χ3n) is 2.17. The number of rotatable bonds is 3. The Morgan fingerprint density at radius 3 is 2.67 bits per heavy atom. The van der Waals surface area contributed by atoms with Crippen molar-refractivity contribution in [3.63, 3.8) is 0 Å². The molecule has 2 N–H and O–H groups in total. The lowest BCUT2D eigenvalue weighted by molar-refractivity contribution is 0.0341. The summed E-state index contributed by atoms with van der Waals surface area (Å²) in [6.07, 6.45) is -1.93. The highest BCUT2D eigenvalue weighted by Crippen LogP contribution is 2.23. The summed E-state index contributed by atoms with van der Waals surface area (Å²) in [4.78, 5) is 0. The van der Waals surface area contributed by atoms with Gasteiger partial charge in [0.25, 0.3) is 0 Å². The molecule has 0 amide bonds. The topological polar surface area (TPSA) is 64.2 Å². The summed E-state index contributed by atoms with van der Waals surface area (Å²) in [7, 11) is 0. The Morgan fingerprint density at radius 1 is 1.47 bits per heavy atom. The number of hydrogen-bond donors (Lipinski definition) is 2. The van der Waals surface area contributed by atoms with Gasteiger partial charge in [0.2, 0.25) is 0 Å². The van der Waals surface area contributed by atoms with Crippen molar-refractivity contribution in [2.75, 3.05) is 5.33 Å². The molecule has 1 rings (SSSR count). The van der Waals surface area contributed by atoms with E-state index in [1.54, 1.807) is 18.2 Å². The minimum atomic E-state index is -1.03. The summed E-state index contributed by atoms with van der Waals surface area (Å²) in [6, 6.07) is 7.16. The molecule has 80 valence electrons. The van der Waals surface area contributed by atoms with E-state index in [1.807, 2.05) is 13.0 Å². The Balaban J connectivity index is 3.12. The van der Waals surface area contributed by atoms with Crippen LogP contribution in [0, 0.1) is 18.3 Å². The second-order valence-corrected chi connectivity index (χ2v) is 4.02. The molecule has 0 radical (unpaired) electrons. The summed E-state index contributed by atoms with van der Waals surface area (Å²) >= 11 is 3.08. The van der Waals surface area contributed by atoms with Gasteiger partial charge in [-0.3, -0.25) is 0 Å². The van der Waals surface area contributed by atoms with E-state index in [1.165, 1.54) is 0 Å². The number of aliphatic hydroxyl groups is 2. The number of nitriles is 1. The minimum absolute atomic E-state index is 0.271. The van der Waals surface area contributed by atoms with Crippen LogP contribution in [-0.2, 0) is 0 Å². The van der Waals surface area contributed by atoms with E-state index in [-0.39, 0.29) is 5.33 Å². The van der Waals surface area contributed by atoms with Crippen LogP contribution in [0.4, 0.5) is 0 Å². The maximum atomic E-state index is 9.79. The van der Waals surface area contributed by atoms with Crippen molar-refractivity contribution in [3.05, 3.63) is 34.9 Å². The molecule has 2 atom stereocenters. The van der Waals surface area contributed by atoms with Gasteiger partial charge in [-0.25, -0.2) is 0 Å². The third-order valence-corrected chi connectivity index (χ3v) is 2.83. The van der Waals surface area contributed by atoms with Gasteiger partial charge in [-0.2, -0.15) is 5.26 Å². The molecule has 2 unspecified atom stereocenters. The fraction of sp³-hybridized carbons (Fsp3) is 0.364. The first kappa shape index (κ1) is 12.2. The number of halogens is 1. The highest BCUT2D eigenvalue weighted by Gasteiger charge is 2.20. The molecule has 1 aromatic rings. The van der Waals surface area contributed by atoms with Gasteiger partial charge < -0.3 is 10.2 Å². The Kier molecular flexibility index (Phi) is 4.28.